The molecule has 0 saturated heterocycles. The summed E-state index contributed by atoms with van der Waals surface area (Å²) in [6, 6.07) is 11.8. The highest BCUT2D eigenvalue weighted by Gasteiger charge is 2.14. The van der Waals surface area contributed by atoms with Crippen LogP contribution in [0.5, 0.6) is 11.5 Å². The van der Waals surface area contributed by atoms with Crippen molar-refractivity contribution in [3.05, 3.63) is 59.2 Å². The Morgan fingerprint density at radius 3 is 2.81 bits per heavy atom. The van der Waals surface area contributed by atoms with Crippen LogP contribution in [0.4, 0.5) is 9.52 Å². The number of aryl methyl sites for hydroxylation is 1. The van der Waals surface area contributed by atoms with Crippen LogP contribution in [0.1, 0.15) is 12.0 Å². The monoisotopic (exact) mass is 370 g/mol. The first kappa shape index (κ1) is 16.5. The van der Waals surface area contributed by atoms with Crippen LogP contribution in [0.3, 0.4) is 0 Å². The summed E-state index contributed by atoms with van der Waals surface area (Å²) in [6.07, 6.45) is 0.934. The van der Waals surface area contributed by atoms with E-state index in [4.69, 9.17) is 9.47 Å². The number of carbonyl (C=O) groups is 1. The average molecular weight is 370 g/mol. The highest BCUT2D eigenvalue weighted by Crippen LogP contribution is 2.32. The zero-order chi connectivity index (χ0) is 17.9. The Kier molecular flexibility index (Phi) is 4.53. The summed E-state index contributed by atoms with van der Waals surface area (Å²) in [7, 11) is 0. The van der Waals surface area contributed by atoms with Crippen LogP contribution in [0.15, 0.2) is 47.8 Å². The van der Waals surface area contributed by atoms with Gasteiger partial charge in [-0.25, -0.2) is 9.37 Å². The van der Waals surface area contributed by atoms with Gasteiger partial charge in [0, 0.05) is 17.4 Å². The van der Waals surface area contributed by atoms with Gasteiger partial charge in [0.15, 0.2) is 16.6 Å². The molecule has 0 radical (unpaired) electrons. The van der Waals surface area contributed by atoms with Gasteiger partial charge in [0.25, 0.3) is 0 Å². The van der Waals surface area contributed by atoms with Gasteiger partial charge in [0.2, 0.25) is 12.7 Å². The molecule has 2 aromatic carbocycles. The topological polar surface area (TPSA) is 60.5 Å². The zero-order valence-electron chi connectivity index (χ0n) is 13.7. The Morgan fingerprint density at radius 2 is 1.96 bits per heavy atom. The first-order valence-corrected chi connectivity index (χ1v) is 8.95. The number of thiazole rings is 1. The second-order valence-electron chi connectivity index (χ2n) is 5.78. The molecule has 7 heteroatoms. The van der Waals surface area contributed by atoms with E-state index in [0.717, 1.165) is 16.9 Å². The molecule has 26 heavy (non-hydrogen) atoms. The molecule has 3 aromatic rings. The summed E-state index contributed by atoms with van der Waals surface area (Å²) in [6.45, 7) is 0.236. The Balaban J connectivity index is 1.34. The van der Waals surface area contributed by atoms with Crippen molar-refractivity contribution in [1.82, 2.24) is 4.98 Å². The number of amides is 1. The molecule has 0 atom stereocenters. The molecule has 1 N–H and O–H groups in total. The van der Waals surface area contributed by atoms with Crippen LogP contribution >= 0.6 is 11.3 Å². The quantitative estimate of drug-likeness (QED) is 0.729. The minimum atomic E-state index is -0.291. The lowest BCUT2D eigenvalue weighted by molar-refractivity contribution is -0.116. The molecule has 1 aromatic heterocycles. The molecule has 132 valence electrons. The van der Waals surface area contributed by atoms with Crippen LogP contribution in [-0.4, -0.2) is 17.7 Å². The predicted molar refractivity (Wildman–Crippen MR) is 97.0 cm³/mol. The molecule has 0 saturated carbocycles. The van der Waals surface area contributed by atoms with Gasteiger partial charge in [-0.3, -0.25) is 4.79 Å². The number of rotatable bonds is 5. The summed E-state index contributed by atoms with van der Waals surface area (Å²) in [5.74, 6) is 1.05. The van der Waals surface area contributed by atoms with Gasteiger partial charge in [0.05, 0.1) is 5.69 Å². The number of nitrogens with one attached hydrogen (secondary N) is 1. The lowest BCUT2D eigenvalue weighted by Gasteiger charge is -2.04. The van der Waals surface area contributed by atoms with Gasteiger partial charge in [0.1, 0.15) is 5.82 Å². The summed E-state index contributed by atoms with van der Waals surface area (Å²) >= 11 is 1.34. The maximum Gasteiger partial charge on any atom is 0.231 e. The number of anilines is 1. The van der Waals surface area contributed by atoms with Crippen molar-refractivity contribution in [3.63, 3.8) is 0 Å². The Labute approximate surface area is 153 Å². The Bertz CT molecular complexity index is 940. The fourth-order valence-electron chi connectivity index (χ4n) is 2.62. The smallest absolute Gasteiger partial charge is 0.231 e. The number of nitrogens with zero attached hydrogens (tertiary/aromatic N) is 1. The van der Waals surface area contributed by atoms with Crippen LogP contribution in [0.25, 0.3) is 11.3 Å². The third-order valence-corrected chi connectivity index (χ3v) is 4.73. The molecule has 2 heterocycles. The van der Waals surface area contributed by atoms with E-state index in [9.17, 15) is 9.18 Å². The summed E-state index contributed by atoms with van der Waals surface area (Å²) in [5.41, 5.74) is 2.53. The second-order valence-corrected chi connectivity index (χ2v) is 6.64. The van der Waals surface area contributed by atoms with E-state index in [-0.39, 0.29) is 18.5 Å². The molecule has 4 rings (SSSR count). The van der Waals surface area contributed by atoms with E-state index in [0.29, 0.717) is 29.4 Å². The highest BCUT2D eigenvalue weighted by atomic mass is 32.1. The SMILES string of the molecule is O=C(CCc1ccc2c(c1)OCO2)Nc1nc(-c2ccc(F)cc2)cs1. The van der Waals surface area contributed by atoms with E-state index >= 15 is 0 Å². The van der Waals surface area contributed by atoms with Crippen molar-refractivity contribution in [2.75, 3.05) is 12.1 Å². The second kappa shape index (κ2) is 7.13. The minimum Gasteiger partial charge on any atom is -0.454 e. The van der Waals surface area contributed by atoms with Crippen LogP contribution in [0.2, 0.25) is 0 Å². The molecule has 0 fully saturated rings. The van der Waals surface area contributed by atoms with Crippen LogP contribution in [-0.2, 0) is 11.2 Å². The third kappa shape index (κ3) is 3.67. The lowest BCUT2D eigenvalue weighted by Crippen LogP contribution is -2.12. The standard InChI is InChI=1S/C19H15FN2O3S/c20-14-5-3-13(4-6-14)15-10-26-19(21-15)22-18(23)8-2-12-1-7-16-17(9-12)25-11-24-16/h1,3-7,9-10H,2,8,11H2,(H,21,22,23). The molecule has 1 amide bonds. The normalized spacial score (nSPS) is 12.2. The molecule has 1 aliphatic rings. The number of hydrogen-bond acceptors (Lipinski definition) is 5. The van der Waals surface area contributed by atoms with Crippen molar-refractivity contribution >= 4 is 22.4 Å². The maximum absolute atomic E-state index is 13.0. The number of benzene rings is 2. The molecular formula is C19H15FN2O3S. The fraction of sp³-hybridized carbons (Fsp3) is 0.158. The summed E-state index contributed by atoms with van der Waals surface area (Å²) in [5, 5.41) is 5.17. The van der Waals surface area contributed by atoms with Crippen molar-refractivity contribution in [2.24, 2.45) is 0 Å². The van der Waals surface area contributed by atoms with E-state index < -0.39 is 0 Å². The largest absolute Gasteiger partial charge is 0.454 e. The summed E-state index contributed by atoms with van der Waals surface area (Å²) < 4.78 is 23.6. The van der Waals surface area contributed by atoms with Gasteiger partial charge < -0.3 is 14.8 Å². The summed E-state index contributed by atoms with van der Waals surface area (Å²) in [4.78, 5) is 16.5. The van der Waals surface area contributed by atoms with E-state index in [1.54, 1.807) is 12.1 Å². The van der Waals surface area contributed by atoms with Crippen LogP contribution < -0.4 is 14.8 Å². The van der Waals surface area contributed by atoms with Gasteiger partial charge in [-0.1, -0.05) is 6.07 Å². The van der Waals surface area contributed by atoms with Crippen molar-refractivity contribution in [1.29, 1.82) is 0 Å². The molecule has 0 unspecified atom stereocenters. The predicted octanol–water partition coefficient (Wildman–Crippen LogP) is 4.25. The number of aromatic nitrogens is 1. The van der Waals surface area contributed by atoms with Crippen molar-refractivity contribution in [3.8, 4) is 22.8 Å². The number of fused-ring (bicyclic) bond motifs is 1. The molecule has 5 nitrogen and oxygen atoms in total. The number of ether oxygens (including phenoxy) is 2. The lowest BCUT2D eigenvalue weighted by atomic mass is 10.1. The minimum absolute atomic E-state index is 0.109. The first-order chi connectivity index (χ1) is 12.7. The Hall–Kier alpha value is -2.93. The van der Waals surface area contributed by atoms with Gasteiger partial charge in [-0.2, -0.15) is 0 Å². The number of hydrogen-bond donors (Lipinski definition) is 1. The fourth-order valence-corrected chi connectivity index (χ4v) is 3.36. The van der Waals surface area contributed by atoms with Crippen LogP contribution in [0, 0.1) is 5.82 Å². The Morgan fingerprint density at radius 1 is 1.15 bits per heavy atom. The number of carbonyl (C=O) groups excluding carboxylic acids is 1. The molecule has 0 bridgehead atoms. The van der Waals surface area contributed by atoms with E-state index in [1.165, 1.54) is 23.5 Å². The van der Waals surface area contributed by atoms with Crippen molar-refractivity contribution in [2.45, 2.75) is 12.8 Å². The average Bonchev–Trinajstić information content (AvgIpc) is 3.29. The number of halogens is 1. The van der Waals surface area contributed by atoms with Gasteiger partial charge >= 0.3 is 0 Å². The zero-order valence-corrected chi connectivity index (χ0v) is 14.5. The highest BCUT2D eigenvalue weighted by molar-refractivity contribution is 7.14. The molecule has 1 aliphatic heterocycles. The van der Waals surface area contributed by atoms with Gasteiger partial charge in [-0.15, -0.1) is 11.3 Å². The first-order valence-electron chi connectivity index (χ1n) is 8.07. The van der Waals surface area contributed by atoms with Crippen molar-refractivity contribution < 1.29 is 18.7 Å². The van der Waals surface area contributed by atoms with E-state index in [2.05, 4.69) is 10.3 Å². The third-order valence-electron chi connectivity index (χ3n) is 3.97. The molecular weight excluding hydrogens is 355 g/mol. The maximum atomic E-state index is 13.0. The molecule has 0 aliphatic carbocycles. The van der Waals surface area contributed by atoms with E-state index in [1.807, 2.05) is 23.6 Å². The van der Waals surface area contributed by atoms with Gasteiger partial charge in [-0.05, 0) is 48.4 Å². The molecule has 0 spiro atoms.